The van der Waals surface area contributed by atoms with E-state index in [1.54, 1.807) is 27.0 Å². The predicted molar refractivity (Wildman–Crippen MR) is 95.7 cm³/mol. The van der Waals surface area contributed by atoms with Crippen LogP contribution in [-0.2, 0) is 23.1 Å². The van der Waals surface area contributed by atoms with Crippen molar-refractivity contribution in [1.82, 2.24) is 4.31 Å². The Balaban J connectivity index is 2.14. The molecule has 0 saturated heterocycles. The van der Waals surface area contributed by atoms with Crippen LogP contribution >= 0.6 is 22.7 Å². The van der Waals surface area contributed by atoms with E-state index in [1.807, 2.05) is 41.9 Å². The standard InChI is InChI=1S/C16H23NO2S3/c1-3-6-14(2)13-22(18,19)17(11-15-7-4-9-20-15)12-16-8-5-10-21-16/h4-5,7-10,14H,3,6,11-13H2,1-2H3. The van der Waals surface area contributed by atoms with E-state index < -0.39 is 10.0 Å². The Bertz CT molecular complexity index is 597. The molecule has 3 nitrogen and oxygen atoms in total. The molecule has 22 heavy (non-hydrogen) atoms. The molecule has 0 bridgehead atoms. The van der Waals surface area contributed by atoms with Crippen molar-refractivity contribution in [2.45, 2.75) is 39.8 Å². The maximum Gasteiger partial charge on any atom is 0.215 e. The van der Waals surface area contributed by atoms with E-state index in [4.69, 9.17) is 0 Å². The second kappa shape index (κ2) is 8.24. The summed E-state index contributed by atoms with van der Waals surface area (Å²) in [4.78, 5) is 2.17. The lowest BCUT2D eigenvalue weighted by molar-refractivity contribution is 0.399. The summed E-state index contributed by atoms with van der Waals surface area (Å²) in [5.74, 6) is 0.432. The summed E-state index contributed by atoms with van der Waals surface area (Å²) in [5, 5.41) is 3.98. The highest BCUT2D eigenvalue weighted by Gasteiger charge is 2.25. The number of nitrogens with zero attached hydrogens (tertiary/aromatic N) is 1. The zero-order valence-corrected chi connectivity index (χ0v) is 15.5. The second-order valence-corrected chi connectivity index (χ2v) is 9.68. The summed E-state index contributed by atoms with van der Waals surface area (Å²) >= 11 is 3.21. The van der Waals surface area contributed by atoms with Crippen LogP contribution in [0.1, 0.15) is 36.4 Å². The van der Waals surface area contributed by atoms with Crippen LogP contribution in [0.3, 0.4) is 0 Å². The first-order valence-corrected chi connectivity index (χ1v) is 10.9. The first kappa shape index (κ1) is 17.7. The highest BCUT2D eigenvalue weighted by molar-refractivity contribution is 7.89. The van der Waals surface area contributed by atoms with Gasteiger partial charge < -0.3 is 0 Å². The van der Waals surface area contributed by atoms with E-state index in [-0.39, 0.29) is 11.7 Å². The lowest BCUT2D eigenvalue weighted by Gasteiger charge is -2.23. The van der Waals surface area contributed by atoms with Crippen LogP contribution in [0, 0.1) is 5.92 Å². The van der Waals surface area contributed by atoms with Gasteiger partial charge in [-0.2, -0.15) is 4.31 Å². The van der Waals surface area contributed by atoms with Gasteiger partial charge in [-0.15, -0.1) is 22.7 Å². The lowest BCUT2D eigenvalue weighted by atomic mass is 10.1. The molecule has 2 aromatic heterocycles. The van der Waals surface area contributed by atoms with Crippen LogP contribution in [0.2, 0.25) is 0 Å². The molecule has 122 valence electrons. The van der Waals surface area contributed by atoms with Crippen LogP contribution in [0.5, 0.6) is 0 Å². The molecule has 0 fully saturated rings. The number of sulfonamides is 1. The molecule has 1 unspecified atom stereocenters. The molecule has 2 heterocycles. The maximum absolute atomic E-state index is 12.8. The number of hydrogen-bond acceptors (Lipinski definition) is 4. The maximum atomic E-state index is 12.8. The zero-order chi connectivity index (χ0) is 16.0. The van der Waals surface area contributed by atoms with E-state index in [1.165, 1.54) is 0 Å². The topological polar surface area (TPSA) is 37.4 Å². The number of thiophene rings is 2. The Labute approximate surface area is 141 Å². The third-order valence-electron chi connectivity index (χ3n) is 3.49. The van der Waals surface area contributed by atoms with Gasteiger partial charge in [-0.05, 0) is 35.2 Å². The van der Waals surface area contributed by atoms with E-state index >= 15 is 0 Å². The van der Waals surface area contributed by atoms with Gasteiger partial charge in [-0.3, -0.25) is 0 Å². The molecule has 0 N–H and O–H groups in total. The largest absolute Gasteiger partial charge is 0.215 e. The monoisotopic (exact) mass is 357 g/mol. The van der Waals surface area contributed by atoms with Crippen molar-refractivity contribution in [2.75, 3.05) is 5.75 Å². The Morgan fingerprint density at radius 2 is 1.64 bits per heavy atom. The van der Waals surface area contributed by atoms with Gasteiger partial charge in [0.15, 0.2) is 0 Å². The highest BCUT2D eigenvalue weighted by atomic mass is 32.2. The van der Waals surface area contributed by atoms with Crippen molar-refractivity contribution >= 4 is 32.7 Å². The Morgan fingerprint density at radius 1 is 1.09 bits per heavy atom. The Morgan fingerprint density at radius 3 is 2.05 bits per heavy atom. The molecule has 6 heteroatoms. The first-order chi connectivity index (χ1) is 10.5. The average molecular weight is 358 g/mol. The highest BCUT2D eigenvalue weighted by Crippen LogP contribution is 2.22. The molecule has 0 amide bonds. The van der Waals surface area contributed by atoms with E-state index in [9.17, 15) is 8.42 Å². The minimum atomic E-state index is -3.25. The Kier molecular flexibility index (Phi) is 6.62. The van der Waals surface area contributed by atoms with Gasteiger partial charge in [0.1, 0.15) is 0 Å². The summed E-state index contributed by atoms with van der Waals surface area (Å²) in [7, 11) is -3.25. The molecule has 0 aliphatic carbocycles. The molecule has 0 spiro atoms. The van der Waals surface area contributed by atoms with E-state index in [2.05, 4.69) is 6.92 Å². The van der Waals surface area contributed by atoms with Crippen molar-refractivity contribution in [3.05, 3.63) is 44.8 Å². The minimum Gasteiger partial charge on any atom is -0.212 e. The van der Waals surface area contributed by atoms with Gasteiger partial charge in [0.05, 0.1) is 5.75 Å². The van der Waals surface area contributed by atoms with Gasteiger partial charge >= 0.3 is 0 Å². The molecule has 0 aliphatic rings. The van der Waals surface area contributed by atoms with Gasteiger partial charge in [-0.1, -0.05) is 32.4 Å². The molecule has 1 atom stereocenters. The van der Waals surface area contributed by atoms with Crippen LogP contribution in [-0.4, -0.2) is 18.5 Å². The number of rotatable bonds is 9. The molecule has 2 rings (SSSR count). The molecule has 0 saturated carbocycles. The third-order valence-corrected chi connectivity index (χ3v) is 7.25. The number of hydrogen-bond donors (Lipinski definition) is 0. The molecule has 0 aromatic carbocycles. The smallest absolute Gasteiger partial charge is 0.212 e. The van der Waals surface area contributed by atoms with E-state index in [0.29, 0.717) is 13.1 Å². The predicted octanol–water partition coefficient (Wildman–Crippen LogP) is 4.58. The Hall–Kier alpha value is -0.690. The lowest BCUT2D eigenvalue weighted by Crippen LogP contribution is -2.33. The fraction of sp³-hybridized carbons (Fsp3) is 0.500. The minimum absolute atomic E-state index is 0.198. The van der Waals surface area contributed by atoms with Crippen molar-refractivity contribution in [3.8, 4) is 0 Å². The molecule has 0 radical (unpaired) electrons. The van der Waals surface area contributed by atoms with Crippen molar-refractivity contribution in [1.29, 1.82) is 0 Å². The zero-order valence-electron chi connectivity index (χ0n) is 13.1. The van der Waals surface area contributed by atoms with Crippen molar-refractivity contribution < 1.29 is 8.42 Å². The van der Waals surface area contributed by atoms with Gasteiger partial charge in [0.2, 0.25) is 10.0 Å². The normalized spacial score (nSPS) is 13.6. The fourth-order valence-electron chi connectivity index (χ4n) is 2.45. The molecular formula is C16H23NO2S3. The summed E-state index contributed by atoms with van der Waals surface area (Å²) in [5.41, 5.74) is 0. The van der Waals surface area contributed by atoms with Gasteiger partial charge in [0, 0.05) is 22.8 Å². The quantitative estimate of drug-likeness (QED) is 0.659. The summed E-state index contributed by atoms with van der Waals surface area (Å²) in [6.45, 7) is 5.06. The van der Waals surface area contributed by atoms with Gasteiger partial charge in [-0.25, -0.2) is 8.42 Å². The fourth-order valence-corrected chi connectivity index (χ4v) is 5.82. The second-order valence-electron chi connectivity index (χ2n) is 5.60. The average Bonchev–Trinajstić information content (AvgIpc) is 3.10. The molecule has 2 aromatic rings. The third kappa shape index (κ3) is 5.19. The summed E-state index contributed by atoms with van der Waals surface area (Å²) < 4.78 is 27.2. The van der Waals surface area contributed by atoms with Crippen LogP contribution in [0.25, 0.3) is 0 Å². The summed E-state index contributed by atoms with van der Waals surface area (Å²) in [6, 6.07) is 7.93. The van der Waals surface area contributed by atoms with Crippen molar-refractivity contribution in [3.63, 3.8) is 0 Å². The van der Waals surface area contributed by atoms with Crippen LogP contribution in [0.15, 0.2) is 35.0 Å². The van der Waals surface area contributed by atoms with Gasteiger partial charge in [0.25, 0.3) is 0 Å². The molecule has 0 aliphatic heterocycles. The van der Waals surface area contributed by atoms with Crippen LogP contribution in [0.4, 0.5) is 0 Å². The SMILES string of the molecule is CCCC(C)CS(=O)(=O)N(Cc1cccs1)Cc1cccs1. The van der Waals surface area contributed by atoms with E-state index in [0.717, 1.165) is 22.6 Å². The van der Waals surface area contributed by atoms with Crippen molar-refractivity contribution in [2.24, 2.45) is 5.92 Å². The first-order valence-electron chi connectivity index (χ1n) is 7.54. The van der Waals surface area contributed by atoms with Crippen LogP contribution < -0.4 is 0 Å². The molecular weight excluding hydrogens is 334 g/mol. The summed E-state index contributed by atoms with van der Waals surface area (Å²) in [6.07, 6.45) is 1.97.